The average Bonchev–Trinajstić information content (AvgIpc) is 3.13. The van der Waals surface area contributed by atoms with Crippen molar-refractivity contribution < 1.29 is 14.0 Å². The summed E-state index contributed by atoms with van der Waals surface area (Å²) in [6, 6.07) is 11.3. The number of furan rings is 1. The zero-order valence-electron chi connectivity index (χ0n) is 14.6. The highest BCUT2D eigenvalue weighted by Crippen LogP contribution is 2.24. The van der Waals surface area contributed by atoms with Gasteiger partial charge in [-0.3, -0.25) is 9.59 Å². The molecule has 138 valence electrons. The number of carbonyl (C=O) groups is 2. The van der Waals surface area contributed by atoms with Crippen LogP contribution >= 0.6 is 11.3 Å². The predicted molar refractivity (Wildman–Crippen MR) is 102 cm³/mol. The van der Waals surface area contributed by atoms with Gasteiger partial charge in [-0.2, -0.15) is 0 Å². The maximum absolute atomic E-state index is 12.2. The second-order valence-corrected chi connectivity index (χ2v) is 7.38. The Kier molecular flexibility index (Phi) is 5.02. The molecule has 2 amide bonds. The molecule has 1 aromatic carbocycles. The monoisotopic (exact) mass is 381 g/mol. The van der Waals surface area contributed by atoms with Gasteiger partial charge in [-0.25, -0.2) is 4.98 Å². The van der Waals surface area contributed by atoms with Crippen LogP contribution in [-0.4, -0.2) is 22.8 Å². The highest BCUT2D eigenvalue weighted by atomic mass is 32.1. The van der Waals surface area contributed by atoms with Gasteiger partial charge in [0.15, 0.2) is 10.8 Å². The van der Waals surface area contributed by atoms with Crippen molar-refractivity contribution in [2.75, 3.05) is 0 Å². The second kappa shape index (κ2) is 7.75. The first-order valence-electron chi connectivity index (χ1n) is 8.82. The molecule has 7 heteroatoms. The van der Waals surface area contributed by atoms with Crippen molar-refractivity contribution in [2.24, 2.45) is 0 Å². The molecule has 1 saturated carbocycles. The van der Waals surface area contributed by atoms with E-state index >= 15 is 0 Å². The van der Waals surface area contributed by atoms with Crippen molar-refractivity contribution in [3.8, 4) is 10.8 Å². The second-order valence-electron chi connectivity index (χ2n) is 6.52. The Hall–Kier alpha value is -2.93. The Morgan fingerprint density at radius 2 is 2.00 bits per heavy atom. The summed E-state index contributed by atoms with van der Waals surface area (Å²) in [6.45, 7) is 0.415. The van der Waals surface area contributed by atoms with E-state index in [1.165, 1.54) is 11.3 Å². The predicted octanol–water partition coefficient (Wildman–Crippen LogP) is 3.15. The molecular formula is C20H19N3O3S. The summed E-state index contributed by atoms with van der Waals surface area (Å²) in [5, 5.41) is 8.47. The molecule has 1 aliphatic rings. The van der Waals surface area contributed by atoms with Gasteiger partial charge in [-0.05, 0) is 42.7 Å². The van der Waals surface area contributed by atoms with Crippen LogP contribution in [0.1, 0.15) is 34.5 Å². The number of rotatable bonds is 7. The van der Waals surface area contributed by atoms with Crippen LogP contribution in [0.15, 0.2) is 52.5 Å². The van der Waals surface area contributed by atoms with Crippen LogP contribution < -0.4 is 10.6 Å². The standard InChI is InChI=1S/C20H19N3O3S/c24-18(10-16-12-27-20(23-16)17-2-1-9-26-17)21-11-13-3-5-14(6-4-13)19(25)22-15-7-8-15/h1-6,9,12,15H,7-8,10-11H2,(H,21,24)(H,22,25). The molecule has 27 heavy (non-hydrogen) atoms. The molecule has 3 aromatic rings. The van der Waals surface area contributed by atoms with Gasteiger partial charge in [0.05, 0.1) is 18.4 Å². The number of hydrogen-bond donors (Lipinski definition) is 2. The highest BCUT2D eigenvalue weighted by Gasteiger charge is 2.23. The number of nitrogens with one attached hydrogen (secondary N) is 2. The third kappa shape index (κ3) is 4.62. The van der Waals surface area contributed by atoms with Crippen molar-refractivity contribution in [2.45, 2.75) is 31.8 Å². The normalized spacial score (nSPS) is 13.3. The largest absolute Gasteiger partial charge is 0.462 e. The molecule has 6 nitrogen and oxygen atoms in total. The summed E-state index contributed by atoms with van der Waals surface area (Å²) in [6.07, 6.45) is 3.96. The minimum Gasteiger partial charge on any atom is -0.462 e. The van der Waals surface area contributed by atoms with Crippen molar-refractivity contribution in [1.82, 2.24) is 15.6 Å². The summed E-state index contributed by atoms with van der Waals surface area (Å²) in [7, 11) is 0. The quantitative estimate of drug-likeness (QED) is 0.658. The summed E-state index contributed by atoms with van der Waals surface area (Å²) in [5.74, 6) is 0.572. The molecular weight excluding hydrogens is 362 g/mol. The molecule has 1 aliphatic carbocycles. The van der Waals surface area contributed by atoms with Gasteiger partial charge in [-0.1, -0.05) is 12.1 Å². The van der Waals surface area contributed by atoms with Gasteiger partial charge < -0.3 is 15.1 Å². The Bertz CT molecular complexity index is 928. The van der Waals surface area contributed by atoms with Gasteiger partial charge >= 0.3 is 0 Å². The Labute approximate surface area is 160 Å². The number of aromatic nitrogens is 1. The molecule has 0 aliphatic heterocycles. The summed E-state index contributed by atoms with van der Waals surface area (Å²) in [5.41, 5.74) is 2.31. The lowest BCUT2D eigenvalue weighted by atomic mass is 10.1. The first-order chi connectivity index (χ1) is 13.2. The van der Waals surface area contributed by atoms with E-state index < -0.39 is 0 Å². The fraction of sp³-hybridized carbons (Fsp3) is 0.250. The number of hydrogen-bond acceptors (Lipinski definition) is 5. The minimum atomic E-state index is -0.0955. The minimum absolute atomic E-state index is 0.0380. The van der Waals surface area contributed by atoms with E-state index in [0.717, 1.165) is 29.1 Å². The molecule has 0 atom stereocenters. The van der Waals surface area contributed by atoms with Crippen LogP contribution in [0.3, 0.4) is 0 Å². The van der Waals surface area contributed by atoms with Crippen LogP contribution in [0.5, 0.6) is 0 Å². The molecule has 0 spiro atoms. The number of amides is 2. The maximum atomic E-state index is 12.2. The lowest BCUT2D eigenvalue weighted by Gasteiger charge is -2.06. The number of carbonyl (C=O) groups excluding carboxylic acids is 2. The van der Waals surface area contributed by atoms with Crippen LogP contribution in [0, 0.1) is 0 Å². The molecule has 2 N–H and O–H groups in total. The van der Waals surface area contributed by atoms with Gasteiger partial charge in [-0.15, -0.1) is 11.3 Å². The Morgan fingerprint density at radius 1 is 1.19 bits per heavy atom. The van der Waals surface area contributed by atoms with Crippen LogP contribution in [-0.2, 0) is 17.8 Å². The topological polar surface area (TPSA) is 84.2 Å². The molecule has 0 saturated heterocycles. The molecule has 2 heterocycles. The van der Waals surface area contributed by atoms with Crippen molar-refractivity contribution in [1.29, 1.82) is 0 Å². The molecule has 0 unspecified atom stereocenters. The first-order valence-corrected chi connectivity index (χ1v) is 9.70. The number of benzene rings is 1. The summed E-state index contributed by atoms with van der Waals surface area (Å²) in [4.78, 5) is 28.5. The summed E-state index contributed by atoms with van der Waals surface area (Å²) < 4.78 is 5.31. The fourth-order valence-corrected chi connectivity index (χ4v) is 3.39. The van der Waals surface area contributed by atoms with Gasteiger partial charge in [0, 0.05) is 23.5 Å². The van der Waals surface area contributed by atoms with E-state index in [1.54, 1.807) is 18.4 Å². The highest BCUT2D eigenvalue weighted by molar-refractivity contribution is 7.13. The number of thiazole rings is 1. The van der Waals surface area contributed by atoms with Crippen molar-refractivity contribution in [3.63, 3.8) is 0 Å². The molecule has 4 rings (SSSR count). The fourth-order valence-electron chi connectivity index (χ4n) is 2.60. The van der Waals surface area contributed by atoms with E-state index in [9.17, 15) is 9.59 Å². The summed E-state index contributed by atoms with van der Waals surface area (Å²) >= 11 is 1.45. The smallest absolute Gasteiger partial charge is 0.251 e. The number of nitrogens with zero attached hydrogens (tertiary/aromatic N) is 1. The van der Waals surface area contributed by atoms with Gasteiger partial charge in [0.2, 0.25) is 5.91 Å². The van der Waals surface area contributed by atoms with Gasteiger partial charge in [0.25, 0.3) is 5.91 Å². The molecule has 0 radical (unpaired) electrons. The van der Waals surface area contributed by atoms with E-state index in [1.807, 2.05) is 29.6 Å². The van der Waals surface area contributed by atoms with Crippen LogP contribution in [0.25, 0.3) is 10.8 Å². The van der Waals surface area contributed by atoms with Crippen LogP contribution in [0.2, 0.25) is 0 Å². The molecule has 1 fully saturated rings. The SMILES string of the molecule is O=C(Cc1csc(-c2ccco2)n1)NCc1ccc(C(=O)NC2CC2)cc1. The van der Waals surface area contributed by atoms with E-state index in [-0.39, 0.29) is 18.2 Å². The zero-order valence-corrected chi connectivity index (χ0v) is 15.4. The van der Waals surface area contributed by atoms with E-state index in [0.29, 0.717) is 23.9 Å². The maximum Gasteiger partial charge on any atom is 0.251 e. The Morgan fingerprint density at radius 3 is 2.70 bits per heavy atom. The lowest BCUT2D eigenvalue weighted by molar-refractivity contribution is -0.120. The molecule has 0 bridgehead atoms. The third-order valence-electron chi connectivity index (χ3n) is 4.24. The van der Waals surface area contributed by atoms with Gasteiger partial charge in [0.1, 0.15) is 0 Å². The average molecular weight is 381 g/mol. The molecule has 2 aromatic heterocycles. The zero-order chi connectivity index (χ0) is 18.6. The Balaban J connectivity index is 1.27. The van der Waals surface area contributed by atoms with Crippen molar-refractivity contribution >= 4 is 23.2 Å². The van der Waals surface area contributed by atoms with E-state index in [2.05, 4.69) is 15.6 Å². The first kappa shape index (κ1) is 17.5. The van der Waals surface area contributed by atoms with Crippen LogP contribution in [0.4, 0.5) is 0 Å². The third-order valence-corrected chi connectivity index (χ3v) is 5.15. The van der Waals surface area contributed by atoms with Crippen molar-refractivity contribution in [3.05, 3.63) is 64.9 Å². The van der Waals surface area contributed by atoms with E-state index in [4.69, 9.17) is 4.42 Å². The lowest BCUT2D eigenvalue weighted by Crippen LogP contribution is -2.26.